The van der Waals surface area contributed by atoms with Gasteiger partial charge in [0.1, 0.15) is 10.7 Å². The normalized spacial score (nSPS) is 11.3. The van der Waals surface area contributed by atoms with Gasteiger partial charge in [-0.1, -0.05) is 18.2 Å². The molecular formula is C22H24N4OS. The topological polar surface area (TPSA) is 51.9 Å². The molecule has 0 aliphatic carbocycles. The second kappa shape index (κ2) is 7.28. The number of carbonyl (C=O) groups is 1. The number of aryl methyl sites for hydroxylation is 2. The molecule has 0 saturated carbocycles. The molecule has 3 aromatic heterocycles. The van der Waals surface area contributed by atoms with E-state index in [-0.39, 0.29) is 5.91 Å². The molecule has 5 nitrogen and oxygen atoms in total. The highest BCUT2D eigenvalue weighted by atomic mass is 32.1. The maximum Gasteiger partial charge on any atom is 0.271 e. The van der Waals surface area contributed by atoms with E-state index in [0.717, 1.165) is 22.8 Å². The Bertz CT molecular complexity index is 1160. The molecule has 1 aromatic carbocycles. The first-order valence-electron chi connectivity index (χ1n) is 9.43. The van der Waals surface area contributed by atoms with Crippen LogP contribution in [0.25, 0.3) is 21.6 Å². The van der Waals surface area contributed by atoms with Crippen LogP contribution >= 0.6 is 11.3 Å². The lowest BCUT2D eigenvalue weighted by atomic mass is 10.2. The van der Waals surface area contributed by atoms with Gasteiger partial charge in [0.25, 0.3) is 5.91 Å². The van der Waals surface area contributed by atoms with Gasteiger partial charge in [-0.3, -0.25) is 4.79 Å². The fourth-order valence-corrected chi connectivity index (χ4v) is 4.43. The van der Waals surface area contributed by atoms with E-state index in [9.17, 15) is 4.79 Å². The number of benzene rings is 1. The van der Waals surface area contributed by atoms with Crippen molar-refractivity contribution in [2.24, 2.45) is 7.05 Å². The van der Waals surface area contributed by atoms with Gasteiger partial charge in [0.2, 0.25) is 0 Å². The van der Waals surface area contributed by atoms with E-state index in [0.29, 0.717) is 12.2 Å². The quantitative estimate of drug-likeness (QED) is 0.537. The van der Waals surface area contributed by atoms with E-state index in [4.69, 9.17) is 0 Å². The summed E-state index contributed by atoms with van der Waals surface area (Å²) in [4.78, 5) is 17.2. The molecule has 1 N–H and O–H groups in total. The van der Waals surface area contributed by atoms with E-state index in [1.54, 1.807) is 0 Å². The molecular weight excluding hydrogens is 368 g/mol. The van der Waals surface area contributed by atoms with E-state index in [1.807, 2.05) is 24.6 Å². The number of nitrogens with zero attached hydrogens (tertiary/aromatic N) is 3. The Morgan fingerprint density at radius 2 is 2.00 bits per heavy atom. The van der Waals surface area contributed by atoms with Crippen molar-refractivity contribution in [1.29, 1.82) is 0 Å². The summed E-state index contributed by atoms with van der Waals surface area (Å²) >= 11 is 1.51. The number of carbonyl (C=O) groups excluding carboxylic acids is 1. The van der Waals surface area contributed by atoms with Gasteiger partial charge in [0.15, 0.2) is 0 Å². The molecule has 0 atom stereocenters. The SMILES string of the molecule is CCn1c(-c2nc(C(=O)NCc3cc(C)n(C)c3C)cs2)cc2ccccc21. The zero-order valence-corrected chi connectivity index (χ0v) is 17.4. The van der Waals surface area contributed by atoms with Gasteiger partial charge in [0, 0.05) is 47.8 Å². The van der Waals surface area contributed by atoms with Crippen LogP contribution in [0.2, 0.25) is 0 Å². The summed E-state index contributed by atoms with van der Waals surface area (Å²) in [7, 11) is 2.04. The van der Waals surface area contributed by atoms with Crippen LogP contribution < -0.4 is 5.32 Å². The van der Waals surface area contributed by atoms with E-state index >= 15 is 0 Å². The van der Waals surface area contributed by atoms with Gasteiger partial charge >= 0.3 is 0 Å². The van der Waals surface area contributed by atoms with Gasteiger partial charge in [-0.05, 0) is 44.5 Å². The summed E-state index contributed by atoms with van der Waals surface area (Å²) in [5.74, 6) is -0.137. The third kappa shape index (κ3) is 3.14. The molecule has 0 spiro atoms. The summed E-state index contributed by atoms with van der Waals surface area (Å²) in [6.45, 7) is 7.63. The van der Waals surface area contributed by atoms with Gasteiger partial charge in [-0.15, -0.1) is 11.3 Å². The van der Waals surface area contributed by atoms with Crippen LogP contribution in [0.3, 0.4) is 0 Å². The highest BCUT2D eigenvalue weighted by Gasteiger charge is 2.16. The minimum absolute atomic E-state index is 0.137. The Morgan fingerprint density at radius 1 is 1.21 bits per heavy atom. The van der Waals surface area contributed by atoms with E-state index in [1.165, 1.54) is 33.6 Å². The Labute approximate surface area is 168 Å². The van der Waals surface area contributed by atoms with Crippen molar-refractivity contribution in [2.75, 3.05) is 0 Å². The summed E-state index contributed by atoms with van der Waals surface area (Å²) in [6.07, 6.45) is 0. The largest absolute Gasteiger partial charge is 0.352 e. The Balaban J connectivity index is 1.56. The average Bonchev–Trinajstić information content (AvgIpc) is 3.38. The van der Waals surface area contributed by atoms with Crippen molar-refractivity contribution < 1.29 is 4.79 Å². The summed E-state index contributed by atoms with van der Waals surface area (Å²) in [5.41, 5.74) is 6.21. The zero-order valence-electron chi connectivity index (χ0n) is 16.6. The monoisotopic (exact) mass is 392 g/mol. The standard InChI is InChI=1S/C22H24N4OS/c1-5-26-19-9-7-6-8-16(19)11-20(26)22-24-18(13-28-22)21(27)23-12-17-10-14(2)25(4)15(17)3/h6-11,13H,5,12H2,1-4H3,(H,23,27). The molecule has 6 heteroatoms. The molecule has 28 heavy (non-hydrogen) atoms. The number of hydrogen-bond donors (Lipinski definition) is 1. The number of para-hydroxylation sites is 1. The molecule has 4 rings (SSSR count). The molecule has 144 valence electrons. The van der Waals surface area contributed by atoms with Gasteiger partial charge in [0.05, 0.1) is 5.69 Å². The van der Waals surface area contributed by atoms with Gasteiger partial charge in [-0.2, -0.15) is 0 Å². The first-order chi connectivity index (χ1) is 13.5. The predicted molar refractivity (Wildman–Crippen MR) is 115 cm³/mol. The lowest BCUT2D eigenvalue weighted by molar-refractivity contribution is 0.0946. The fraction of sp³-hybridized carbons (Fsp3) is 0.273. The van der Waals surface area contributed by atoms with Crippen molar-refractivity contribution in [3.8, 4) is 10.7 Å². The minimum Gasteiger partial charge on any atom is -0.352 e. The number of nitrogens with one attached hydrogen (secondary N) is 1. The molecule has 0 unspecified atom stereocenters. The molecule has 1 amide bonds. The van der Waals surface area contributed by atoms with E-state index in [2.05, 4.69) is 64.5 Å². The number of thiazole rings is 1. The molecule has 3 heterocycles. The highest BCUT2D eigenvalue weighted by Crippen LogP contribution is 2.30. The van der Waals surface area contributed by atoms with Gasteiger partial charge < -0.3 is 14.5 Å². The second-order valence-electron chi connectivity index (χ2n) is 7.01. The fourth-order valence-electron chi connectivity index (χ4n) is 3.60. The Hall–Kier alpha value is -2.86. The molecule has 0 aliphatic heterocycles. The molecule has 0 aliphatic rings. The van der Waals surface area contributed by atoms with Crippen LogP contribution in [-0.2, 0) is 20.1 Å². The van der Waals surface area contributed by atoms with Crippen LogP contribution in [0.15, 0.2) is 41.8 Å². The molecule has 0 fully saturated rings. The summed E-state index contributed by atoms with van der Waals surface area (Å²) < 4.78 is 4.37. The van der Waals surface area contributed by atoms with Crippen molar-refractivity contribution in [3.63, 3.8) is 0 Å². The third-order valence-corrected chi connectivity index (χ3v) is 6.27. The van der Waals surface area contributed by atoms with Crippen LogP contribution in [0, 0.1) is 13.8 Å². The second-order valence-corrected chi connectivity index (χ2v) is 7.87. The first-order valence-corrected chi connectivity index (χ1v) is 10.3. The van der Waals surface area contributed by atoms with Crippen molar-refractivity contribution in [2.45, 2.75) is 33.9 Å². The predicted octanol–water partition coefficient (Wildman–Crippen LogP) is 4.67. The van der Waals surface area contributed by atoms with Crippen molar-refractivity contribution in [1.82, 2.24) is 19.4 Å². The third-order valence-electron chi connectivity index (χ3n) is 5.40. The Morgan fingerprint density at radius 3 is 2.71 bits per heavy atom. The first kappa shape index (κ1) is 18.5. The number of rotatable bonds is 5. The highest BCUT2D eigenvalue weighted by molar-refractivity contribution is 7.13. The number of hydrogen-bond acceptors (Lipinski definition) is 3. The Kier molecular flexibility index (Phi) is 4.81. The zero-order chi connectivity index (χ0) is 19.8. The lowest BCUT2D eigenvalue weighted by Gasteiger charge is -2.05. The average molecular weight is 393 g/mol. The van der Waals surface area contributed by atoms with Crippen LogP contribution in [0.5, 0.6) is 0 Å². The van der Waals surface area contributed by atoms with Crippen molar-refractivity contribution >= 4 is 28.1 Å². The van der Waals surface area contributed by atoms with Gasteiger partial charge in [-0.25, -0.2) is 4.98 Å². The van der Waals surface area contributed by atoms with Crippen LogP contribution in [0.1, 0.15) is 34.4 Å². The number of amides is 1. The smallest absolute Gasteiger partial charge is 0.271 e. The molecule has 4 aromatic rings. The van der Waals surface area contributed by atoms with E-state index < -0.39 is 0 Å². The summed E-state index contributed by atoms with van der Waals surface area (Å²) in [6, 6.07) is 12.6. The minimum atomic E-state index is -0.137. The van der Waals surface area contributed by atoms with Crippen molar-refractivity contribution in [3.05, 3.63) is 64.4 Å². The number of aromatic nitrogens is 3. The number of fused-ring (bicyclic) bond motifs is 1. The molecule has 0 radical (unpaired) electrons. The molecule has 0 bridgehead atoms. The maximum absolute atomic E-state index is 12.6. The van der Waals surface area contributed by atoms with Crippen LogP contribution in [-0.4, -0.2) is 20.0 Å². The van der Waals surface area contributed by atoms with Crippen LogP contribution in [0.4, 0.5) is 0 Å². The molecule has 0 saturated heterocycles. The maximum atomic E-state index is 12.6. The summed E-state index contributed by atoms with van der Waals surface area (Å²) in [5, 5.41) is 6.90. The lowest BCUT2D eigenvalue weighted by Crippen LogP contribution is -2.23.